The average molecular weight is 240 g/mol. The third-order valence-electron chi connectivity index (χ3n) is 3.10. The summed E-state index contributed by atoms with van der Waals surface area (Å²) in [6, 6.07) is 0. The smallest absolute Gasteiger partial charge is 0.308 e. The Kier molecular flexibility index (Phi) is 7.17. The van der Waals surface area contributed by atoms with Crippen LogP contribution in [0.2, 0.25) is 0 Å². The molecule has 0 fully saturated rings. The van der Waals surface area contributed by atoms with Gasteiger partial charge in [0.2, 0.25) is 0 Å². The van der Waals surface area contributed by atoms with E-state index >= 15 is 0 Å². The van der Waals surface area contributed by atoms with E-state index in [0.717, 1.165) is 19.3 Å². The molecular weight excluding hydrogens is 212 g/mol. The fourth-order valence-corrected chi connectivity index (χ4v) is 1.81. The molecule has 2 nitrogen and oxygen atoms in total. The van der Waals surface area contributed by atoms with Gasteiger partial charge in [-0.15, -0.1) is 0 Å². The molecule has 0 aliphatic rings. The van der Waals surface area contributed by atoms with Gasteiger partial charge in [-0.1, -0.05) is 46.3 Å². The highest BCUT2D eigenvalue weighted by molar-refractivity contribution is 5.72. The Hall–Kier alpha value is -0.790. The second-order valence-electron chi connectivity index (χ2n) is 5.45. The van der Waals surface area contributed by atoms with Crippen LogP contribution in [0.25, 0.3) is 0 Å². The summed E-state index contributed by atoms with van der Waals surface area (Å²) in [6.07, 6.45) is 4.97. The summed E-state index contributed by atoms with van der Waals surface area (Å²) in [5.41, 5.74) is 1.27. The topological polar surface area (TPSA) is 26.3 Å². The molecule has 17 heavy (non-hydrogen) atoms. The van der Waals surface area contributed by atoms with Gasteiger partial charge in [0.05, 0.1) is 12.5 Å². The van der Waals surface area contributed by atoms with E-state index < -0.39 is 0 Å². The number of allylic oxidation sites excluding steroid dienone is 1. The van der Waals surface area contributed by atoms with Gasteiger partial charge in [-0.3, -0.25) is 4.79 Å². The van der Waals surface area contributed by atoms with Crippen molar-refractivity contribution in [2.24, 2.45) is 11.3 Å². The fraction of sp³-hybridized carbons (Fsp3) is 0.800. The van der Waals surface area contributed by atoms with Crippen molar-refractivity contribution in [2.75, 3.05) is 6.61 Å². The van der Waals surface area contributed by atoms with Gasteiger partial charge in [-0.2, -0.15) is 0 Å². The van der Waals surface area contributed by atoms with Gasteiger partial charge in [0.15, 0.2) is 0 Å². The van der Waals surface area contributed by atoms with E-state index in [1.54, 1.807) is 0 Å². The molecule has 0 aliphatic heterocycles. The van der Waals surface area contributed by atoms with Gasteiger partial charge in [-0.25, -0.2) is 0 Å². The molecule has 0 N–H and O–H groups in total. The van der Waals surface area contributed by atoms with Crippen LogP contribution in [0.1, 0.15) is 60.8 Å². The van der Waals surface area contributed by atoms with Crippen LogP contribution >= 0.6 is 0 Å². The molecule has 0 aromatic carbocycles. The summed E-state index contributed by atoms with van der Waals surface area (Å²) >= 11 is 0. The van der Waals surface area contributed by atoms with Crippen molar-refractivity contribution in [1.29, 1.82) is 0 Å². The van der Waals surface area contributed by atoms with Crippen molar-refractivity contribution in [2.45, 2.75) is 60.8 Å². The van der Waals surface area contributed by atoms with Gasteiger partial charge in [-0.05, 0) is 26.2 Å². The molecule has 0 aromatic rings. The van der Waals surface area contributed by atoms with E-state index in [1.165, 1.54) is 5.57 Å². The van der Waals surface area contributed by atoms with Gasteiger partial charge in [0, 0.05) is 5.41 Å². The molecule has 0 bridgehead atoms. The van der Waals surface area contributed by atoms with Crippen LogP contribution in [-0.4, -0.2) is 12.6 Å². The molecule has 0 saturated heterocycles. The molecule has 0 heterocycles. The Morgan fingerprint density at radius 1 is 1.24 bits per heavy atom. The highest BCUT2D eigenvalue weighted by atomic mass is 16.5. The molecule has 2 heteroatoms. The zero-order chi connectivity index (χ0) is 13.5. The van der Waals surface area contributed by atoms with Gasteiger partial charge in [0.1, 0.15) is 0 Å². The maximum atomic E-state index is 11.8. The van der Waals surface area contributed by atoms with Crippen molar-refractivity contribution in [3.8, 4) is 0 Å². The Balaban J connectivity index is 4.31. The van der Waals surface area contributed by atoms with Crippen LogP contribution in [0.4, 0.5) is 0 Å². The molecule has 0 saturated carbocycles. The monoisotopic (exact) mass is 240 g/mol. The minimum Gasteiger partial charge on any atom is -0.465 e. The predicted molar refractivity (Wildman–Crippen MR) is 72.9 cm³/mol. The van der Waals surface area contributed by atoms with Crippen molar-refractivity contribution in [1.82, 2.24) is 0 Å². The van der Waals surface area contributed by atoms with Crippen molar-refractivity contribution in [3.05, 3.63) is 11.6 Å². The summed E-state index contributed by atoms with van der Waals surface area (Å²) in [4.78, 5) is 11.8. The zero-order valence-electron chi connectivity index (χ0n) is 12.3. The maximum Gasteiger partial charge on any atom is 0.308 e. The lowest BCUT2D eigenvalue weighted by atomic mass is 9.91. The quantitative estimate of drug-likeness (QED) is 0.488. The number of carbonyl (C=O) groups is 1. The summed E-state index contributed by atoms with van der Waals surface area (Å²) in [5, 5.41) is 0. The van der Waals surface area contributed by atoms with Gasteiger partial charge < -0.3 is 4.74 Å². The van der Waals surface area contributed by atoms with Crippen LogP contribution < -0.4 is 0 Å². The molecular formula is C15H28O2. The third-order valence-corrected chi connectivity index (χ3v) is 3.10. The minimum absolute atomic E-state index is 0.0503. The Labute approximate surface area is 106 Å². The van der Waals surface area contributed by atoms with Crippen LogP contribution in [0.15, 0.2) is 11.6 Å². The maximum absolute atomic E-state index is 11.8. The number of hydrogen-bond donors (Lipinski definition) is 0. The zero-order valence-corrected chi connectivity index (χ0v) is 12.3. The molecule has 0 amide bonds. The lowest BCUT2D eigenvalue weighted by Gasteiger charge is -2.22. The predicted octanol–water partition coefficient (Wildman–Crippen LogP) is 4.35. The fourth-order valence-electron chi connectivity index (χ4n) is 1.81. The van der Waals surface area contributed by atoms with Crippen molar-refractivity contribution < 1.29 is 9.53 Å². The van der Waals surface area contributed by atoms with E-state index in [4.69, 9.17) is 4.74 Å². The van der Waals surface area contributed by atoms with Crippen LogP contribution in [0.5, 0.6) is 0 Å². The number of ether oxygens (including phenoxy) is 1. The molecule has 0 radical (unpaired) electrons. The SMILES string of the molecule is CCC(C)=CC(C)(C)COC(=O)C(CC)CC. The second kappa shape index (κ2) is 7.52. The molecule has 0 aromatic heterocycles. The van der Waals surface area contributed by atoms with E-state index in [0.29, 0.717) is 6.61 Å². The van der Waals surface area contributed by atoms with Crippen molar-refractivity contribution >= 4 is 5.97 Å². The van der Waals surface area contributed by atoms with Gasteiger partial charge in [0.25, 0.3) is 0 Å². The first kappa shape index (κ1) is 16.2. The Morgan fingerprint density at radius 3 is 2.18 bits per heavy atom. The second-order valence-corrected chi connectivity index (χ2v) is 5.45. The standard InChI is InChI=1S/C15H28O2/c1-7-12(4)10-15(5,6)11-17-14(16)13(8-2)9-3/h10,13H,7-9,11H2,1-6H3. The molecule has 0 atom stereocenters. The lowest BCUT2D eigenvalue weighted by Crippen LogP contribution is -2.24. The normalized spacial score (nSPS) is 13.0. The summed E-state index contributed by atoms with van der Waals surface area (Å²) < 4.78 is 5.41. The third kappa shape index (κ3) is 6.50. The number of esters is 1. The number of rotatable bonds is 7. The first-order valence-corrected chi connectivity index (χ1v) is 6.71. The summed E-state index contributed by atoms with van der Waals surface area (Å²) in [5.74, 6) is 0.00711. The highest BCUT2D eigenvalue weighted by Gasteiger charge is 2.21. The van der Waals surface area contributed by atoms with E-state index in [-0.39, 0.29) is 17.3 Å². The van der Waals surface area contributed by atoms with E-state index in [1.807, 2.05) is 13.8 Å². The molecule has 0 aliphatic carbocycles. The van der Waals surface area contributed by atoms with Crippen LogP contribution in [0.3, 0.4) is 0 Å². The van der Waals surface area contributed by atoms with Crippen molar-refractivity contribution in [3.63, 3.8) is 0 Å². The minimum atomic E-state index is -0.0677. The van der Waals surface area contributed by atoms with Gasteiger partial charge >= 0.3 is 5.97 Å². The van der Waals surface area contributed by atoms with Crippen LogP contribution in [0, 0.1) is 11.3 Å². The molecule has 0 rings (SSSR count). The largest absolute Gasteiger partial charge is 0.465 e. The molecule has 0 unspecified atom stereocenters. The first-order chi connectivity index (χ1) is 7.86. The summed E-state index contributed by atoms with van der Waals surface area (Å²) in [7, 11) is 0. The van der Waals surface area contributed by atoms with Crippen LogP contribution in [-0.2, 0) is 9.53 Å². The first-order valence-electron chi connectivity index (χ1n) is 6.71. The summed E-state index contributed by atoms with van der Waals surface area (Å²) in [6.45, 7) is 13.0. The Morgan fingerprint density at radius 2 is 1.76 bits per heavy atom. The number of carbonyl (C=O) groups excluding carboxylic acids is 1. The highest BCUT2D eigenvalue weighted by Crippen LogP contribution is 2.22. The molecule has 100 valence electrons. The lowest BCUT2D eigenvalue weighted by molar-refractivity contribution is -0.151. The number of hydrogen-bond acceptors (Lipinski definition) is 2. The average Bonchev–Trinajstić information content (AvgIpc) is 2.27. The molecule has 0 spiro atoms. The van der Waals surface area contributed by atoms with E-state index in [2.05, 4.69) is 33.8 Å². The van der Waals surface area contributed by atoms with E-state index in [9.17, 15) is 4.79 Å². The Bertz CT molecular complexity index is 260.